The van der Waals surface area contributed by atoms with E-state index in [4.69, 9.17) is 17.0 Å². The van der Waals surface area contributed by atoms with Crippen LogP contribution in [0.5, 0.6) is 5.75 Å². The summed E-state index contributed by atoms with van der Waals surface area (Å²) in [5.41, 5.74) is 1.87. The summed E-state index contributed by atoms with van der Waals surface area (Å²) in [4.78, 5) is 30.3. The molecule has 3 aromatic rings. The molecular formula is C25H24N4O4S. The Morgan fingerprint density at radius 1 is 1.24 bits per heavy atom. The van der Waals surface area contributed by atoms with Gasteiger partial charge in [-0.2, -0.15) is 0 Å². The first kappa shape index (κ1) is 23.3. The van der Waals surface area contributed by atoms with Gasteiger partial charge in [0.15, 0.2) is 0 Å². The predicted octanol–water partition coefficient (Wildman–Crippen LogP) is 4.02. The maximum Gasteiger partial charge on any atom is 0.335 e. The average Bonchev–Trinajstić information content (AvgIpc) is 3.27. The zero-order valence-electron chi connectivity index (χ0n) is 18.6. The van der Waals surface area contributed by atoms with Crippen molar-refractivity contribution in [2.45, 2.75) is 19.4 Å². The number of carboxylic acid groups (broad SMARTS) is 1. The molecule has 1 aromatic heterocycles. The van der Waals surface area contributed by atoms with Crippen LogP contribution in [-0.4, -0.2) is 50.3 Å². The maximum absolute atomic E-state index is 12.5. The van der Waals surface area contributed by atoms with Crippen LogP contribution >= 0.6 is 12.2 Å². The van der Waals surface area contributed by atoms with Crippen molar-refractivity contribution in [1.82, 2.24) is 14.8 Å². The summed E-state index contributed by atoms with van der Waals surface area (Å²) in [5.74, 6) is -0.520. The summed E-state index contributed by atoms with van der Waals surface area (Å²) >= 11 is 5.61. The largest absolute Gasteiger partial charge is 0.490 e. The van der Waals surface area contributed by atoms with Crippen LogP contribution in [0.25, 0.3) is 0 Å². The van der Waals surface area contributed by atoms with E-state index >= 15 is 0 Å². The first-order chi connectivity index (χ1) is 16.4. The normalized spacial score (nSPS) is 15.6. The molecule has 0 spiro atoms. The van der Waals surface area contributed by atoms with E-state index in [-0.39, 0.29) is 29.5 Å². The Kier molecular flexibility index (Phi) is 7.12. The number of aromatic carboxylic acids is 1. The summed E-state index contributed by atoms with van der Waals surface area (Å²) in [7, 11) is 1.79. The second kappa shape index (κ2) is 10.4. The number of carbonyl (C=O) groups is 2. The van der Waals surface area contributed by atoms with Crippen molar-refractivity contribution >= 4 is 34.6 Å². The number of benzene rings is 2. The smallest absolute Gasteiger partial charge is 0.335 e. The molecule has 2 heterocycles. The lowest BCUT2D eigenvalue weighted by Crippen LogP contribution is -2.30. The summed E-state index contributed by atoms with van der Waals surface area (Å²) in [5, 5.41) is 13.6. The van der Waals surface area contributed by atoms with E-state index in [0.717, 1.165) is 5.56 Å². The third kappa shape index (κ3) is 5.37. The fraction of sp³-hybridized carbons (Fsp3) is 0.240. The molecule has 0 bridgehead atoms. The number of carboxylic acids is 1. The second-order valence-corrected chi connectivity index (χ2v) is 8.36. The van der Waals surface area contributed by atoms with Gasteiger partial charge in [0.05, 0.1) is 28.7 Å². The van der Waals surface area contributed by atoms with Crippen LogP contribution in [0.3, 0.4) is 0 Å². The lowest BCUT2D eigenvalue weighted by Gasteiger charge is -2.21. The Bertz CT molecular complexity index is 1240. The summed E-state index contributed by atoms with van der Waals surface area (Å²) in [6, 6.07) is 14.6. The molecular weight excluding hydrogens is 452 g/mol. The van der Waals surface area contributed by atoms with Gasteiger partial charge in [-0.3, -0.25) is 4.79 Å². The summed E-state index contributed by atoms with van der Waals surface area (Å²) in [6.45, 7) is 0.891. The maximum atomic E-state index is 12.5. The summed E-state index contributed by atoms with van der Waals surface area (Å²) < 4.78 is 7.53. The van der Waals surface area contributed by atoms with Crippen molar-refractivity contribution in [2.75, 3.05) is 18.6 Å². The molecule has 0 saturated carbocycles. The van der Waals surface area contributed by atoms with E-state index in [1.165, 1.54) is 6.07 Å². The number of rotatable bonds is 8. The molecule has 0 saturated heterocycles. The van der Waals surface area contributed by atoms with E-state index in [2.05, 4.69) is 10.1 Å². The lowest BCUT2D eigenvalue weighted by atomic mass is 10.1. The fourth-order valence-corrected chi connectivity index (χ4v) is 3.89. The van der Waals surface area contributed by atoms with Crippen LogP contribution in [0.4, 0.5) is 5.69 Å². The van der Waals surface area contributed by atoms with Crippen molar-refractivity contribution < 1.29 is 19.4 Å². The SMILES string of the molecule is CN1C(=S)[C@@H](/C=C/CCC(=O)c2ncn(Cc3ccccc3)n2)COc2ccc(C(=O)O)cc21. The van der Waals surface area contributed by atoms with Crippen molar-refractivity contribution in [3.63, 3.8) is 0 Å². The Labute approximate surface area is 202 Å². The molecule has 34 heavy (non-hydrogen) atoms. The van der Waals surface area contributed by atoms with Crippen LogP contribution in [-0.2, 0) is 6.54 Å². The average molecular weight is 477 g/mol. The van der Waals surface area contributed by atoms with Gasteiger partial charge in [-0.25, -0.2) is 14.5 Å². The van der Waals surface area contributed by atoms with Crippen LogP contribution in [0, 0.1) is 5.92 Å². The highest BCUT2D eigenvalue weighted by Gasteiger charge is 2.25. The van der Waals surface area contributed by atoms with Gasteiger partial charge in [0.25, 0.3) is 0 Å². The lowest BCUT2D eigenvalue weighted by molar-refractivity contribution is 0.0696. The minimum Gasteiger partial charge on any atom is -0.490 e. The standard InChI is InChI=1S/C25H24N4O4S/c1-28-20-13-18(25(31)32)11-12-22(20)33-15-19(24(28)34)9-5-6-10-21(30)23-26-16-29(27-23)14-17-7-3-2-4-8-17/h2-5,7-9,11-13,16,19H,6,10,14-15H2,1H3,(H,31,32)/b9-5+/t19-/m0/s1. The van der Waals surface area contributed by atoms with Gasteiger partial charge in [-0.15, -0.1) is 5.10 Å². The highest BCUT2D eigenvalue weighted by Crippen LogP contribution is 2.33. The molecule has 9 heteroatoms. The molecule has 8 nitrogen and oxygen atoms in total. The molecule has 0 radical (unpaired) electrons. The first-order valence-corrected chi connectivity index (χ1v) is 11.2. The minimum absolute atomic E-state index is 0.123. The van der Waals surface area contributed by atoms with Crippen LogP contribution in [0.1, 0.15) is 39.4 Å². The molecule has 1 aliphatic heterocycles. The number of allylic oxidation sites excluding steroid dienone is 1. The van der Waals surface area contributed by atoms with Crippen LogP contribution in [0.2, 0.25) is 0 Å². The fourth-order valence-electron chi connectivity index (χ4n) is 3.65. The van der Waals surface area contributed by atoms with E-state index < -0.39 is 5.97 Å². The highest BCUT2D eigenvalue weighted by molar-refractivity contribution is 7.80. The molecule has 1 aliphatic rings. The van der Waals surface area contributed by atoms with Crippen molar-refractivity contribution in [3.8, 4) is 5.75 Å². The third-order valence-corrected chi connectivity index (χ3v) is 6.09. The molecule has 1 atom stereocenters. The van der Waals surface area contributed by atoms with Gasteiger partial charge in [0.2, 0.25) is 11.6 Å². The number of nitrogens with zero attached hydrogens (tertiary/aromatic N) is 4. The number of hydrogen-bond acceptors (Lipinski definition) is 6. The van der Waals surface area contributed by atoms with Gasteiger partial charge >= 0.3 is 5.97 Å². The minimum atomic E-state index is -1.01. The van der Waals surface area contributed by atoms with Crippen molar-refractivity contribution in [1.29, 1.82) is 0 Å². The second-order valence-electron chi connectivity index (χ2n) is 7.94. The molecule has 174 valence electrons. The number of aromatic nitrogens is 3. The first-order valence-electron chi connectivity index (χ1n) is 10.8. The van der Waals surface area contributed by atoms with Crippen LogP contribution in [0.15, 0.2) is 67.0 Å². The molecule has 0 amide bonds. The highest BCUT2D eigenvalue weighted by atomic mass is 32.1. The van der Waals surface area contributed by atoms with Gasteiger partial charge in [-0.05, 0) is 30.2 Å². The predicted molar refractivity (Wildman–Crippen MR) is 132 cm³/mol. The number of thiocarbonyl (C=S) groups is 1. The number of Topliss-reactive ketones (excluding diaryl/α,β-unsaturated/α-hetero) is 1. The number of fused-ring (bicyclic) bond motifs is 1. The number of ketones is 1. The van der Waals surface area contributed by atoms with E-state index in [9.17, 15) is 14.7 Å². The Balaban J connectivity index is 1.32. The van der Waals surface area contributed by atoms with E-state index in [1.807, 2.05) is 42.5 Å². The Hall–Kier alpha value is -3.85. The molecule has 2 aromatic carbocycles. The molecule has 1 N–H and O–H groups in total. The number of anilines is 1. The Morgan fingerprint density at radius 3 is 2.79 bits per heavy atom. The monoisotopic (exact) mass is 476 g/mol. The Morgan fingerprint density at radius 2 is 2.03 bits per heavy atom. The molecule has 0 unspecified atom stereocenters. The molecule has 0 fully saturated rings. The van der Waals surface area contributed by atoms with Gasteiger partial charge in [0, 0.05) is 13.5 Å². The van der Waals surface area contributed by atoms with Crippen molar-refractivity contribution in [2.24, 2.45) is 5.92 Å². The molecule has 4 rings (SSSR count). The zero-order chi connectivity index (χ0) is 24.1. The number of hydrogen-bond donors (Lipinski definition) is 1. The van der Waals surface area contributed by atoms with Gasteiger partial charge in [-0.1, -0.05) is 54.7 Å². The number of carbonyl (C=O) groups excluding carboxylic acids is 1. The molecule has 0 aliphatic carbocycles. The summed E-state index contributed by atoms with van der Waals surface area (Å²) in [6.07, 6.45) is 6.21. The van der Waals surface area contributed by atoms with Gasteiger partial charge in [0.1, 0.15) is 18.7 Å². The van der Waals surface area contributed by atoms with Gasteiger partial charge < -0.3 is 14.7 Å². The number of ether oxygens (including phenoxy) is 1. The zero-order valence-corrected chi connectivity index (χ0v) is 19.4. The van der Waals surface area contributed by atoms with E-state index in [1.54, 1.807) is 35.1 Å². The third-order valence-electron chi connectivity index (χ3n) is 5.51. The van der Waals surface area contributed by atoms with E-state index in [0.29, 0.717) is 36.0 Å². The van der Waals surface area contributed by atoms with Crippen molar-refractivity contribution in [3.05, 3.63) is 84.0 Å². The van der Waals surface area contributed by atoms with Crippen LogP contribution < -0.4 is 9.64 Å². The topological polar surface area (TPSA) is 97.5 Å². The quantitative estimate of drug-likeness (QED) is 0.296.